The Kier molecular flexibility index (Phi) is 3.46. The fourth-order valence-electron chi connectivity index (χ4n) is 2.72. The van der Waals surface area contributed by atoms with Crippen LogP contribution in [0.2, 0.25) is 0 Å². The van der Waals surface area contributed by atoms with Gasteiger partial charge in [0.2, 0.25) is 0 Å². The molecule has 19 heavy (non-hydrogen) atoms. The maximum Gasteiger partial charge on any atom is 0.322 e. The number of amides is 2. The quantitative estimate of drug-likeness (QED) is 0.875. The van der Waals surface area contributed by atoms with E-state index >= 15 is 0 Å². The lowest BCUT2D eigenvalue weighted by Gasteiger charge is -2.20. The van der Waals surface area contributed by atoms with Gasteiger partial charge in [0, 0.05) is 6.54 Å². The molecule has 1 fully saturated rings. The summed E-state index contributed by atoms with van der Waals surface area (Å²) >= 11 is 0. The van der Waals surface area contributed by atoms with Gasteiger partial charge in [0.25, 0.3) is 0 Å². The molecule has 1 aromatic rings. The summed E-state index contributed by atoms with van der Waals surface area (Å²) < 4.78 is 0. The van der Waals surface area contributed by atoms with Crippen LogP contribution in [0.1, 0.15) is 23.1 Å². The third kappa shape index (κ3) is 2.70. The first-order chi connectivity index (χ1) is 8.88. The summed E-state index contributed by atoms with van der Waals surface area (Å²) in [6, 6.07) is 3.51. The Morgan fingerprint density at radius 1 is 1.37 bits per heavy atom. The molecule has 0 bridgehead atoms. The van der Waals surface area contributed by atoms with Gasteiger partial charge in [-0.2, -0.15) is 0 Å². The van der Waals surface area contributed by atoms with Crippen molar-refractivity contribution in [1.29, 1.82) is 0 Å². The first-order valence-corrected chi connectivity index (χ1v) is 6.26. The first kappa shape index (κ1) is 13.4. The van der Waals surface area contributed by atoms with Crippen molar-refractivity contribution in [3.63, 3.8) is 0 Å². The number of nitrogens with zero attached hydrogens (tertiary/aromatic N) is 1. The van der Waals surface area contributed by atoms with Crippen LogP contribution in [0.3, 0.4) is 0 Å². The second-order valence-electron chi connectivity index (χ2n) is 5.10. The molecule has 0 aromatic heterocycles. The molecule has 1 saturated heterocycles. The second-order valence-corrected chi connectivity index (χ2v) is 5.10. The molecule has 0 aliphatic carbocycles. The first-order valence-electron chi connectivity index (χ1n) is 6.26. The number of carbonyl (C=O) groups is 2. The fourth-order valence-corrected chi connectivity index (χ4v) is 2.72. The monoisotopic (exact) mass is 262 g/mol. The molecule has 2 rings (SSSR count). The highest BCUT2D eigenvalue weighted by molar-refractivity contribution is 5.96. The van der Waals surface area contributed by atoms with Gasteiger partial charge in [0.05, 0.1) is 18.2 Å². The maximum atomic E-state index is 12.0. The van der Waals surface area contributed by atoms with Crippen molar-refractivity contribution in [3.8, 4) is 0 Å². The number of hydrogen-bond donors (Lipinski definition) is 2. The third-order valence-electron chi connectivity index (χ3n) is 3.30. The van der Waals surface area contributed by atoms with Gasteiger partial charge in [0.1, 0.15) is 0 Å². The van der Waals surface area contributed by atoms with E-state index in [1.165, 1.54) is 0 Å². The Hall–Kier alpha value is -2.04. The van der Waals surface area contributed by atoms with Gasteiger partial charge < -0.3 is 10.4 Å². The van der Waals surface area contributed by atoms with Crippen LogP contribution in [0.5, 0.6) is 0 Å². The molecule has 5 heteroatoms. The summed E-state index contributed by atoms with van der Waals surface area (Å²) in [6.07, 6.45) is -0.0494. The Morgan fingerprint density at radius 3 is 2.47 bits per heavy atom. The van der Waals surface area contributed by atoms with Crippen molar-refractivity contribution in [3.05, 3.63) is 28.8 Å². The van der Waals surface area contributed by atoms with Crippen LogP contribution in [-0.4, -0.2) is 29.7 Å². The lowest BCUT2D eigenvalue weighted by Crippen LogP contribution is -2.30. The Balaban J connectivity index is 2.28. The Bertz CT molecular complexity index is 516. The van der Waals surface area contributed by atoms with Crippen molar-refractivity contribution in [2.24, 2.45) is 0 Å². The van der Waals surface area contributed by atoms with E-state index in [1.807, 2.05) is 32.9 Å². The van der Waals surface area contributed by atoms with Crippen molar-refractivity contribution >= 4 is 17.7 Å². The molecule has 0 spiro atoms. The topological polar surface area (TPSA) is 69.6 Å². The number of urea groups is 1. The molecule has 102 valence electrons. The molecule has 1 atom stereocenters. The molecule has 2 amide bonds. The highest BCUT2D eigenvalue weighted by Crippen LogP contribution is 2.28. The molecular weight excluding hydrogens is 244 g/mol. The van der Waals surface area contributed by atoms with Gasteiger partial charge >= 0.3 is 12.0 Å². The Labute approximate surface area is 112 Å². The predicted octanol–water partition coefficient (Wildman–Crippen LogP) is 1.98. The van der Waals surface area contributed by atoms with Gasteiger partial charge in [-0.05, 0) is 31.9 Å². The summed E-state index contributed by atoms with van der Waals surface area (Å²) in [5, 5.41) is 11.5. The number of benzene rings is 1. The lowest BCUT2D eigenvalue weighted by atomic mass is 10.0. The molecule has 2 N–H and O–H groups in total. The van der Waals surface area contributed by atoms with E-state index < -0.39 is 5.97 Å². The number of aryl methyl sites for hydroxylation is 3. The van der Waals surface area contributed by atoms with Gasteiger partial charge in [0.15, 0.2) is 0 Å². The van der Waals surface area contributed by atoms with E-state index in [4.69, 9.17) is 5.11 Å². The van der Waals surface area contributed by atoms with E-state index in [-0.39, 0.29) is 18.5 Å². The van der Waals surface area contributed by atoms with Crippen LogP contribution in [0, 0.1) is 20.8 Å². The van der Waals surface area contributed by atoms with Crippen molar-refractivity contribution in [2.75, 3.05) is 11.4 Å². The van der Waals surface area contributed by atoms with Crippen LogP contribution >= 0.6 is 0 Å². The van der Waals surface area contributed by atoms with E-state index in [0.717, 1.165) is 22.4 Å². The number of aliphatic carboxylic acids is 1. The molecule has 1 aromatic carbocycles. The predicted molar refractivity (Wildman–Crippen MR) is 72.6 cm³/mol. The van der Waals surface area contributed by atoms with E-state index in [2.05, 4.69) is 5.32 Å². The van der Waals surface area contributed by atoms with Crippen molar-refractivity contribution < 1.29 is 14.7 Å². The number of nitrogens with one attached hydrogen (secondary N) is 1. The van der Waals surface area contributed by atoms with Gasteiger partial charge in [-0.3, -0.25) is 9.69 Å². The molecule has 1 unspecified atom stereocenters. The minimum Gasteiger partial charge on any atom is -0.481 e. The fraction of sp³-hybridized carbons (Fsp3) is 0.429. The highest BCUT2D eigenvalue weighted by Gasteiger charge is 2.32. The smallest absolute Gasteiger partial charge is 0.322 e. The number of carboxylic acid groups (broad SMARTS) is 1. The van der Waals surface area contributed by atoms with Crippen LogP contribution in [0.25, 0.3) is 0 Å². The third-order valence-corrected chi connectivity index (χ3v) is 3.30. The zero-order chi connectivity index (χ0) is 14.2. The van der Waals surface area contributed by atoms with E-state index in [1.54, 1.807) is 4.90 Å². The minimum atomic E-state index is -0.899. The van der Waals surface area contributed by atoms with Gasteiger partial charge in [-0.1, -0.05) is 17.7 Å². The molecule has 5 nitrogen and oxygen atoms in total. The SMILES string of the molecule is Cc1cc(C)c(N2CC(CC(=O)O)NC2=O)c(C)c1. The number of rotatable bonds is 3. The largest absolute Gasteiger partial charge is 0.481 e. The molecule has 1 aliphatic heterocycles. The lowest BCUT2D eigenvalue weighted by molar-refractivity contribution is -0.137. The molecule has 1 aliphatic rings. The average molecular weight is 262 g/mol. The standard InChI is InChI=1S/C14H18N2O3/c1-8-4-9(2)13(10(3)5-8)16-7-11(6-12(17)18)15-14(16)19/h4-5,11H,6-7H2,1-3H3,(H,15,19)(H,17,18). The summed E-state index contributed by atoms with van der Waals surface area (Å²) in [5.74, 6) is -0.899. The van der Waals surface area contributed by atoms with Gasteiger partial charge in [-0.25, -0.2) is 4.79 Å². The number of carboxylic acids is 1. The number of carbonyl (C=O) groups excluding carboxylic acids is 1. The van der Waals surface area contributed by atoms with Crippen LogP contribution in [0.4, 0.5) is 10.5 Å². The van der Waals surface area contributed by atoms with Crippen LogP contribution in [0.15, 0.2) is 12.1 Å². The Morgan fingerprint density at radius 2 is 1.95 bits per heavy atom. The van der Waals surface area contributed by atoms with E-state index in [0.29, 0.717) is 6.54 Å². The zero-order valence-electron chi connectivity index (χ0n) is 11.4. The van der Waals surface area contributed by atoms with Crippen molar-refractivity contribution in [1.82, 2.24) is 5.32 Å². The van der Waals surface area contributed by atoms with Crippen molar-refractivity contribution in [2.45, 2.75) is 33.2 Å². The van der Waals surface area contributed by atoms with Crippen LogP contribution in [-0.2, 0) is 4.79 Å². The second kappa shape index (κ2) is 4.91. The summed E-state index contributed by atoms with van der Waals surface area (Å²) in [6.45, 7) is 6.34. The summed E-state index contributed by atoms with van der Waals surface area (Å²) in [7, 11) is 0. The zero-order valence-corrected chi connectivity index (χ0v) is 11.4. The summed E-state index contributed by atoms with van der Waals surface area (Å²) in [4.78, 5) is 24.3. The van der Waals surface area contributed by atoms with Crippen LogP contribution < -0.4 is 10.2 Å². The molecule has 1 heterocycles. The number of hydrogen-bond acceptors (Lipinski definition) is 2. The van der Waals surface area contributed by atoms with E-state index in [9.17, 15) is 9.59 Å². The maximum absolute atomic E-state index is 12.0. The van der Waals surface area contributed by atoms with Gasteiger partial charge in [-0.15, -0.1) is 0 Å². The summed E-state index contributed by atoms with van der Waals surface area (Å²) in [5.41, 5.74) is 4.10. The molecular formula is C14H18N2O3. The minimum absolute atomic E-state index is 0.0494. The highest BCUT2D eigenvalue weighted by atomic mass is 16.4. The molecule has 0 saturated carbocycles. The number of anilines is 1. The average Bonchev–Trinajstić information content (AvgIpc) is 2.57. The normalized spacial score (nSPS) is 18.6. The molecule has 0 radical (unpaired) electrons.